The SMILES string of the molecule is COC(=O)/C=C\P(=S)(c1ccccc1)c1ccccc1. The van der Waals surface area contributed by atoms with Crippen LogP contribution in [-0.4, -0.2) is 13.1 Å². The smallest absolute Gasteiger partial charge is 0.330 e. The Hall–Kier alpha value is -1.70. The zero-order chi connectivity index (χ0) is 14.4. The Bertz CT molecular complexity index is 607. The molecule has 0 aliphatic rings. The van der Waals surface area contributed by atoms with Gasteiger partial charge in [-0.3, -0.25) is 0 Å². The number of benzene rings is 2. The van der Waals surface area contributed by atoms with Gasteiger partial charge in [0, 0.05) is 12.1 Å². The largest absolute Gasteiger partial charge is 0.466 e. The third kappa shape index (κ3) is 3.24. The molecule has 0 saturated carbocycles. The van der Waals surface area contributed by atoms with Crippen LogP contribution in [0, 0.1) is 0 Å². The molecule has 0 N–H and O–H groups in total. The van der Waals surface area contributed by atoms with Crippen molar-refractivity contribution in [2.45, 2.75) is 0 Å². The molecule has 0 aromatic heterocycles. The van der Waals surface area contributed by atoms with E-state index in [4.69, 9.17) is 11.8 Å². The Kier molecular flexibility index (Phi) is 4.89. The summed E-state index contributed by atoms with van der Waals surface area (Å²) in [6.07, 6.45) is 1.43. The highest BCUT2D eigenvalue weighted by molar-refractivity contribution is 8.23. The van der Waals surface area contributed by atoms with E-state index in [1.165, 1.54) is 13.2 Å². The molecular weight excluding hydrogens is 287 g/mol. The van der Waals surface area contributed by atoms with Crippen LogP contribution in [0.1, 0.15) is 0 Å². The molecule has 20 heavy (non-hydrogen) atoms. The lowest BCUT2D eigenvalue weighted by Gasteiger charge is -2.19. The van der Waals surface area contributed by atoms with Gasteiger partial charge in [-0.05, 0) is 16.4 Å². The normalized spacial score (nSPS) is 11.4. The highest BCUT2D eigenvalue weighted by atomic mass is 32.4. The molecule has 0 spiro atoms. The number of methoxy groups -OCH3 is 1. The number of hydrogen-bond acceptors (Lipinski definition) is 3. The van der Waals surface area contributed by atoms with E-state index in [0.29, 0.717) is 0 Å². The van der Waals surface area contributed by atoms with Crippen molar-refractivity contribution < 1.29 is 9.53 Å². The van der Waals surface area contributed by atoms with Crippen molar-refractivity contribution in [3.8, 4) is 0 Å². The number of esters is 1. The van der Waals surface area contributed by atoms with Gasteiger partial charge in [-0.15, -0.1) is 0 Å². The van der Waals surface area contributed by atoms with Crippen molar-refractivity contribution in [2.75, 3.05) is 7.11 Å². The first-order valence-corrected chi connectivity index (χ1v) is 9.02. The summed E-state index contributed by atoms with van der Waals surface area (Å²) in [6, 6.07) is 17.7. The van der Waals surface area contributed by atoms with Crippen LogP contribution in [0.2, 0.25) is 0 Å². The van der Waals surface area contributed by atoms with Gasteiger partial charge in [0.25, 0.3) is 0 Å². The fourth-order valence-electron chi connectivity index (χ4n) is 1.85. The molecule has 0 aliphatic carbocycles. The van der Waals surface area contributed by atoms with Gasteiger partial charge in [0.1, 0.15) is 0 Å². The van der Waals surface area contributed by atoms with Crippen LogP contribution in [0.15, 0.2) is 72.6 Å². The van der Waals surface area contributed by atoms with E-state index >= 15 is 0 Å². The van der Waals surface area contributed by atoms with Crippen LogP contribution < -0.4 is 10.6 Å². The molecule has 0 saturated heterocycles. The zero-order valence-electron chi connectivity index (χ0n) is 11.1. The predicted octanol–water partition coefficient (Wildman–Crippen LogP) is 2.80. The van der Waals surface area contributed by atoms with Gasteiger partial charge in [-0.1, -0.05) is 72.5 Å². The second-order valence-electron chi connectivity index (χ2n) is 4.17. The van der Waals surface area contributed by atoms with Crippen LogP contribution in [0.3, 0.4) is 0 Å². The molecule has 102 valence electrons. The van der Waals surface area contributed by atoms with Gasteiger partial charge in [0.05, 0.1) is 7.11 Å². The van der Waals surface area contributed by atoms with Gasteiger partial charge in [0.15, 0.2) is 0 Å². The molecule has 0 amide bonds. The first-order chi connectivity index (χ1) is 9.66. The highest BCUT2D eigenvalue weighted by Gasteiger charge is 2.19. The predicted molar refractivity (Wildman–Crippen MR) is 87.6 cm³/mol. The summed E-state index contributed by atoms with van der Waals surface area (Å²) in [4.78, 5) is 11.4. The van der Waals surface area contributed by atoms with Crippen LogP contribution in [0.4, 0.5) is 0 Å². The van der Waals surface area contributed by atoms with Crippen LogP contribution >= 0.6 is 6.04 Å². The maximum Gasteiger partial charge on any atom is 0.330 e. The number of carbonyl (C=O) groups is 1. The summed E-state index contributed by atoms with van der Waals surface area (Å²) in [5.74, 6) is 1.44. The topological polar surface area (TPSA) is 26.3 Å². The zero-order valence-corrected chi connectivity index (χ0v) is 12.8. The van der Waals surface area contributed by atoms with E-state index < -0.39 is 6.04 Å². The lowest BCUT2D eigenvalue weighted by atomic mass is 10.4. The fourth-order valence-corrected chi connectivity index (χ4v) is 4.97. The van der Waals surface area contributed by atoms with E-state index in [-0.39, 0.29) is 5.97 Å². The first kappa shape index (κ1) is 14.7. The van der Waals surface area contributed by atoms with E-state index in [0.717, 1.165) is 10.6 Å². The molecule has 0 unspecified atom stereocenters. The van der Waals surface area contributed by atoms with Gasteiger partial charge in [-0.25, -0.2) is 4.79 Å². The minimum atomic E-state index is -2.14. The summed E-state index contributed by atoms with van der Waals surface area (Å²) in [7, 11) is 1.36. The summed E-state index contributed by atoms with van der Waals surface area (Å²) in [5.41, 5.74) is 0. The third-order valence-corrected chi connectivity index (χ3v) is 7.23. The molecule has 2 aromatic rings. The lowest BCUT2D eigenvalue weighted by Crippen LogP contribution is -2.14. The maximum atomic E-state index is 11.4. The molecule has 0 radical (unpaired) electrons. The molecule has 0 aliphatic heterocycles. The molecule has 2 nitrogen and oxygen atoms in total. The van der Waals surface area contributed by atoms with Crippen LogP contribution in [0.5, 0.6) is 0 Å². The highest BCUT2D eigenvalue weighted by Crippen LogP contribution is 2.45. The van der Waals surface area contributed by atoms with Crippen molar-refractivity contribution >= 4 is 34.4 Å². The van der Waals surface area contributed by atoms with Crippen molar-refractivity contribution in [1.29, 1.82) is 0 Å². The second-order valence-corrected chi connectivity index (χ2v) is 8.54. The average molecular weight is 302 g/mol. The van der Waals surface area contributed by atoms with Crippen molar-refractivity contribution in [1.82, 2.24) is 0 Å². The molecule has 0 fully saturated rings. The molecule has 2 aromatic carbocycles. The summed E-state index contributed by atoms with van der Waals surface area (Å²) in [6.45, 7) is 0. The number of rotatable bonds is 4. The standard InChI is InChI=1S/C16H15O2PS/c1-18-16(17)12-13-19(20,14-8-4-2-5-9-14)15-10-6-3-7-11-15/h2-13H,1H3/b13-12-. The van der Waals surface area contributed by atoms with E-state index in [1.54, 1.807) is 0 Å². The summed E-state index contributed by atoms with van der Waals surface area (Å²) in [5, 5.41) is 2.11. The molecule has 0 atom stereocenters. The van der Waals surface area contributed by atoms with Gasteiger partial charge >= 0.3 is 5.97 Å². The van der Waals surface area contributed by atoms with Crippen molar-refractivity contribution in [2.24, 2.45) is 0 Å². The number of hydrogen-bond donors (Lipinski definition) is 0. The molecule has 4 heteroatoms. The van der Waals surface area contributed by atoms with E-state index in [9.17, 15) is 4.79 Å². The molecule has 2 rings (SSSR count). The van der Waals surface area contributed by atoms with Crippen molar-refractivity contribution in [3.63, 3.8) is 0 Å². The number of ether oxygens (including phenoxy) is 1. The summed E-state index contributed by atoms with van der Waals surface area (Å²) < 4.78 is 4.66. The number of carbonyl (C=O) groups excluding carboxylic acids is 1. The van der Waals surface area contributed by atoms with Crippen LogP contribution in [-0.2, 0) is 21.3 Å². The Morgan fingerprint density at radius 1 is 1.00 bits per heavy atom. The Morgan fingerprint density at radius 2 is 1.45 bits per heavy atom. The minimum Gasteiger partial charge on any atom is -0.466 e. The molecule has 0 heterocycles. The lowest BCUT2D eigenvalue weighted by molar-refractivity contribution is -0.134. The third-order valence-electron chi connectivity index (χ3n) is 2.90. The maximum absolute atomic E-state index is 11.4. The van der Waals surface area contributed by atoms with E-state index in [1.807, 2.05) is 66.5 Å². The van der Waals surface area contributed by atoms with Gasteiger partial charge < -0.3 is 4.74 Å². The van der Waals surface area contributed by atoms with Gasteiger partial charge in [0.2, 0.25) is 0 Å². The van der Waals surface area contributed by atoms with E-state index in [2.05, 4.69) is 4.74 Å². The van der Waals surface area contributed by atoms with Crippen LogP contribution in [0.25, 0.3) is 0 Å². The average Bonchev–Trinajstić information content (AvgIpc) is 2.54. The van der Waals surface area contributed by atoms with Gasteiger partial charge in [-0.2, -0.15) is 0 Å². The Labute approximate surface area is 124 Å². The molecule has 0 bridgehead atoms. The fraction of sp³-hybridized carbons (Fsp3) is 0.0625. The monoisotopic (exact) mass is 302 g/mol. The quantitative estimate of drug-likeness (QED) is 0.493. The van der Waals surface area contributed by atoms with Crippen molar-refractivity contribution in [3.05, 3.63) is 72.6 Å². The molecular formula is C16H15O2PS. The first-order valence-electron chi connectivity index (χ1n) is 6.15. The second kappa shape index (κ2) is 6.65. The Balaban J connectivity index is 2.53. The summed E-state index contributed by atoms with van der Waals surface area (Å²) >= 11 is 5.92. The Morgan fingerprint density at radius 3 is 1.85 bits per heavy atom. The minimum absolute atomic E-state index is 0.383.